The number of benzene rings is 1. The molecule has 0 bridgehead atoms. The number of nitrogens with zero attached hydrogens (tertiary/aromatic N) is 5. The number of aromatic nitrogens is 4. The van der Waals surface area contributed by atoms with Crippen LogP contribution in [0, 0.1) is 15.9 Å². The normalized spacial score (nSPS) is 18.7. The number of tetrazole rings is 1. The molecule has 9 heteroatoms. The third kappa shape index (κ3) is 2.67. The molecule has 1 aromatic heterocycles. The van der Waals surface area contributed by atoms with Crippen molar-refractivity contribution in [2.75, 3.05) is 18.0 Å². The summed E-state index contributed by atoms with van der Waals surface area (Å²) in [6, 6.07) is 3.64. The summed E-state index contributed by atoms with van der Waals surface area (Å²) in [5.41, 5.74) is 0.207. The first kappa shape index (κ1) is 13.4. The summed E-state index contributed by atoms with van der Waals surface area (Å²) < 4.78 is 13.2. The zero-order chi connectivity index (χ0) is 14.8. The van der Waals surface area contributed by atoms with Gasteiger partial charge in [0.25, 0.3) is 5.69 Å². The van der Waals surface area contributed by atoms with Crippen molar-refractivity contribution >= 4 is 11.4 Å². The van der Waals surface area contributed by atoms with Crippen molar-refractivity contribution in [3.05, 3.63) is 40.0 Å². The molecule has 3 rings (SSSR count). The summed E-state index contributed by atoms with van der Waals surface area (Å²) in [6.45, 7) is 1.23. The number of nitro benzene ring substituents is 1. The fraction of sp³-hybridized carbons (Fsp3) is 0.417. The Hall–Kier alpha value is -2.58. The second kappa shape index (κ2) is 5.43. The highest BCUT2D eigenvalue weighted by atomic mass is 19.1. The molecule has 0 aliphatic carbocycles. The average molecular weight is 292 g/mol. The van der Waals surface area contributed by atoms with E-state index in [1.54, 1.807) is 0 Å². The van der Waals surface area contributed by atoms with Gasteiger partial charge in [0.1, 0.15) is 11.5 Å². The molecule has 0 saturated carbocycles. The average Bonchev–Trinajstić information content (AvgIpc) is 3.01. The Morgan fingerprint density at radius 3 is 3.05 bits per heavy atom. The Morgan fingerprint density at radius 1 is 1.48 bits per heavy atom. The second-order valence-corrected chi connectivity index (χ2v) is 4.95. The van der Waals surface area contributed by atoms with E-state index >= 15 is 0 Å². The number of hydrogen-bond donors (Lipinski definition) is 1. The molecule has 0 radical (unpaired) electrons. The van der Waals surface area contributed by atoms with Gasteiger partial charge in [0.05, 0.1) is 11.0 Å². The number of anilines is 1. The van der Waals surface area contributed by atoms with Gasteiger partial charge in [0.15, 0.2) is 5.82 Å². The van der Waals surface area contributed by atoms with E-state index in [1.807, 2.05) is 4.90 Å². The Bertz CT molecular complexity index is 647. The Labute approximate surface area is 119 Å². The molecule has 1 N–H and O–H groups in total. The monoisotopic (exact) mass is 292 g/mol. The predicted octanol–water partition coefficient (Wildman–Crippen LogP) is 1.63. The lowest BCUT2D eigenvalue weighted by Gasteiger charge is -2.32. The first-order valence-corrected chi connectivity index (χ1v) is 6.57. The summed E-state index contributed by atoms with van der Waals surface area (Å²) in [5.74, 6) is 0.0452. The first-order chi connectivity index (χ1) is 10.1. The molecular formula is C12H13FN6O2. The molecule has 0 amide bonds. The van der Waals surface area contributed by atoms with Crippen LogP contribution in [0.2, 0.25) is 0 Å². The fourth-order valence-electron chi connectivity index (χ4n) is 2.66. The molecule has 21 heavy (non-hydrogen) atoms. The van der Waals surface area contributed by atoms with Crippen LogP contribution in [-0.2, 0) is 0 Å². The van der Waals surface area contributed by atoms with Crippen molar-refractivity contribution in [3.8, 4) is 0 Å². The Kier molecular flexibility index (Phi) is 3.46. The number of nitro groups is 1. The summed E-state index contributed by atoms with van der Waals surface area (Å²) in [6.07, 6.45) is 1.75. The van der Waals surface area contributed by atoms with Crippen LogP contribution < -0.4 is 4.90 Å². The number of nitrogens with one attached hydrogen (secondary N) is 1. The number of H-pyrrole nitrogens is 1. The number of rotatable bonds is 3. The van der Waals surface area contributed by atoms with Gasteiger partial charge in [-0.05, 0) is 25.0 Å². The van der Waals surface area contributed by atoms with E-state index in [9.17, 15) is 14.5 Å². The third-order valence-electron chi connectivity index (χ3n) is 3.62. The SMILES string of the molecule is O=[N+]([O-])c1cc(F)ccc1N1CCC[C@@H](c2nn[nH]n2)C1. The van der Waals surface area contributed by atoms with Crippen molar-refractivity contribution < 1.29 is 9.31 Å². The molecule has 8 nitrogen and oxygen atoms in total. The summed E-state index contributed by atoms with van der Waals surface area (Å²) in [5, 5.41) is 25.0. The van der Waals surface area contributed by atoms with Gasteiger partial charge >= 0.3 is 0 Å². The van der Waals surface area contributed by atoms with E-state index in [1.165, 1.54) is 12.1 Å². The van der Waals surface area contributed by atoms with E-state index in [0.29, 0.717) is 24.6 Å². The molecule has 2 aromatic rings. The van der Waals surface area contributed by atoms with Gasteiger partial charge in [0, 0.05) is 19.0 Å². The maximum Gasteiger partial charge on any atom is 0.295 e. The van der Waals surface area contributed by atoms with E-state index in [4.69, 9.17) is 0 Å². The molecule has 1 aromatic carbocycles. The van der Waals surface area contributed by atoms with Gasteiger partial charge in [-0.3, -0.25) is 10.1 Å². The maximum atomic E-state index is 13.2. The predicted molar refractivity (Wildman–Crippen MR) is 71.4 cm³/mol. The quantitative estimate of drug-likeness (QED) is 0.681. The van der Waals surface area contributed by atoms with E-state index in [0.717, 1.165) is 18.9 Å². The van der Waals surface area contributed by atoms with Crippen LogP contribution in [0.1, 0.15) is 24.6 Å². The third-order valence-corrected chi connectivity index (χ3v) is 3.62. The molecule has 0 spiro atoms. The minimum Gasteiger partial charge on any atom is -0.365 e. The minimum atomic E-state index is -0.614. The van der Waals surface area contributed by atoms with Gasteiger partial charge < -0.3 is 4.90 Å². The second-order valence-electron chi connectivity index (χ2n) is 4.95. The van der Waals surface area contributed by atoms with Crippen molar-refractivity contribution in [2.24, 2.45) is 0 Å². The van der Waals surface area contributed by atoms with E-state index < -0.39 is 10.7 Å². The largest absolute Gasteiger partial charge is 0.365 e. The van der Waals surface area contributed by atoms with E-state index in [-0.39, 0.29) is 11.6 Å². The first-order valence-electron chi connectivity index (χ1n) is 6.57. The smallest absolute Gasteiger partial charge is 0.295 e. The minimum absolute atomic E-state index is 0.0576. The van der Waals surface area contributed by atoms with Gasteiger partial charge in [-0.1, -0.05) is 5.21 Å². The highest BCUT2D eigenvalue weighted by Crippen LogP contribution is 2.34. The van der Waals surface area contributed by atoms with Crippen molar-refractivity contribution in [3.63, 3.8) is 0 Å². The number of halogens is 1. The van der Waals surface area contributed by atoms with Crippen LogP contribution in [-0.4, -0.2) is 38.6 Å². The molecule has 0 unspecified atom stereocenters. The summed E-state index contributed by atoms with van der Waals surface area (Å²) in [7, 11) is 0. The lowest BCUT2D eigenvalue weighted by atomic mass is 9.97. The molecule has 2 heterocycles. The van der Waals surface area contributed by atoms with Crippen LogP contribution >= 0.6 is 0 Å². The van der Waals surface area contributed by atoms with E-state index in [2.05, 4.69) is 20.6 Å². The van der Waals surface area contributed by atoms with Gasteiger partial charge in [-0.15, -0.1) is 10.2 Å². The van der Waals surface area contributed by atoms with Crippen LogP contribution in [0.3, 0.4) is 0 Å². The topological polar surface area (TPSA) is 101 Å². The number of piperidine rings is 1. The molecule has 1 aliphatic heterocycles. The van der Waals surface area contributed by atoms with Gasteiger partial charge in [0.2, 0.25) is 0 Å². The van der Waals surface area contributed by atoms with Gasteiger partial charge in [-0.2, -0.15) is 5.21 Å². The number of hydrogen-bond acceptors (Lipinski definition) is 6. The standard InChI is InChI=1S/C12H13FN6O2/c13-9-3-4-10(11(6-9)19(20)21)18-5-1-2-8(7-18)12-14-16-17-15-12/h3-4,6,8H,1-2,5,7H2,(H,14,15,16,17)/t8-/m1/s1. The van der Waals surface area contributed by atoms with Crippen LogP contribution in [0.15, 0.2) is 18.2 Å². The maximum absolute atomic E-state index is 13.2. The zero-order valence-corrected chi connectivity index (χ0v) is 11.1. The lowest BCUT2D eigenvalue weighted by Crippen LogP contribution is -2.35. The molecular weight excluding hydrogens is 279 g/mol. The molecule has 110 valence electrons. The zero-order valence-electron chi connectivity index (χ0n) is 11.1. The Balaban J connectivity index is 1.88. The molecule has 1 saturated heterocycles. The van der Waals surface area contributed by atoms with Crippen molar-refractivity contribution in [1.82, 2.24) is 20.6 Å². The highest BCUT2D eigenvalue weighted by Gasteiger charge is 2.28. The molecule has 1 aliphatic rings. The molecule has 1 fully saturated rings. The van der Waals surface area contributed by atoms with Crippen LogP contribution in [0.4, 0.5) is 15.8 Å². The highest BCUT2D eigenvalue weighted by molar-refractivity contribution is 5.63. The molecule has 1 atom stereocenters. The van der Waals surface area contributed by atoms with Gasteiger partial charge in [-0.25, -0.2) is 4.39 Å². The Morgan fingerprint density at radius 2 is 2.33 bits per heavy atom. The summed E-state index contributed by atoms with van der Waals surface area (Å²) >= 11 is 0. The fourth-order valence-corrected chi connectivity index (χ4v) is 2.66. The van der Waals surface area contributed by atoms with Crippen LogP contribution in [0.5, 0.6) is 0 Å². The van der Waals surface area contributed by atoms with Crippen LogP contribution in [0.25, 0.3) is 0 Å². The van der Waals surface area contributed by atoms with Crippen molar-refractivity contribution in [1.29, 1.82) is 0 Å². The van der Waals surface area contributed by atoms with Crippen molar-refractivity contribution in [2.45, 2.75) is 18.8 Å². The number of aromatic amines is 1. The lowest BCUT2D eigenvalue weighted by molar-refractivity contribution is -0.384. The summed E-state index contributed by atoms with van der Waals surface area (Å²) in [4.78, 5) is 12.4.